The number of hydrogen-bond acceptors (Lipinski definition) is 3. The molecule has 2 amide bonds. The van der Waals surface area contributed by atoms with E-state index >= 15 is 0 Å². The topological polar surface area (TPSA) is 59.4 Å². The summed E-state index contributed by atoms with van der Waals surface area (Å²) in [6, 6.07) is 2.08. The fourth-order valence-corrected chi connectivity index (χ4v) is 2.36. The van der Waals surface area contributed by atoms with Crippen LogP contribution in [0.4, 0.5) is 4.79 Å². The minimum atomic E-state index is 0.00789. The highest BCUT2D eigenvalue weighted by Gasteiger charge is 2.17. The van der Waals surface area contributed by atoms with Gasteiger partial charge in [0.15, 0.2) is 0 Å². The number of carbonyl (C=O) groups is 1. The summed E-state index contributed by atoms with van der Waals surface area (Å²) in [6.45, 7) is 10.3. The number of nitrogens with one attached hydrogen (secondary N) is 1. The van der Waals surface area contributed by atoms with Gasteiger partial charge in [0.05, 0.1) is 18.9 Å². The summed E-state index contributed by atoms with van der Waals surface area (Å²) in [4.78, 5) is 13.8. The largest absolute Gasteiger partial charge is 0.378 e. The lowest BCUT2D eigenvalue weighted by molar-refractivity contribution is 0.0530. The molecular weight excluding hydrogens is 256 g/mol. The highest BCUT2D eigenvalue weighted by atomic mass is 16.5. The molecule has 0 radical (unpaired) electrons. The van der Waals surface area contributed by atoms with Crippen LogP contribution in [-0.2, 0) is 11.3 Å². The predicted octanol–water partition coefficient (Wildman–Crippen LogP) is 1.18. The van der Waals surface area contributed by atoms with Gasteiger partial charge in [-0.1, -0.05) is 6.92 Å². The van der Waals surface area contributed by atoms with Gasteiger partial charge < -0.3 is 15.0 Å². The first kappa shape index (κ1) is 14.8. The number of urea groups is 1. The molecule has 2 rings (SSSR count). The van der Waals surface area contributed by atoms with Crippen molar-refractivity contribution in [1.29, 1.82) is 0 Å². The molecule has 1 aromatic rings. The Bertz CT molecular complexity index is 452. The molecule has 1 aliphatic heterocycles. The van der Waals surface area contributed by atoms with Crippen LogP contribution >= 0.6 is 0 Å². The molecule has 0 bridgehead atoms. The second-order valence-electron chi connectivity index (χ2n) is 5.50. The van der Waals surface area contributed by atoms with Crippen molar-refractivity contribution in [2.45, 2.75) is 27.3 Å². The molecule has 1 N–H and O–H groups in total. The number of hydrogen-bond donors (Lipinski definition) is 1. The molecule has 1 aromatic heterocycles. The third-order valence-corrected chi connectivity index (χ3v) is 3.49. The van der Waals surface area contributed by atoms with Crippen molar-refractivity contribution in [3.8, 4) is 0 Å². The summed E-state index contributed by atoms with van der Waals surface area (Å²) in [7, 11) is 0. The molecule has 6 nitrogen and oxygen atoms in total. The third-order valence-electron chi connectivity index (χ3n) is 3.49. The molecule has 1 fully saturated rings. The van der Waals surface area contributed by atoms with Crippen molar-refractivity contribution in [3.05, 3.63) is 17.5 Å². The van der Waals surface area contributed by atoms with Crippen LogP contribution in [0.15, 0.2) is 6.07 Å². The monoisotopic (exact) mass is 280 g/mol. The van der Waals surface area contributed by atoms with Crippen LogP contribution in [0.3, 0.4) is 0 Å². The van der Waals surface area contributed by atoms with Gasteiger partial charge in [-0.05, 0) is 25.8 Å². The number of aryl methyl sites for hydroxylation is 2. The van der Waals surface area contributed by atoms with E-state index in [1.807, 2.05) is 11.6 Å². The van der Waals surface area contributed by atoms with E-state index in [9.17, 15) is 4.79 Å². The van der Waals surface area contributed by atoms with Crippen molar-refractivity contribution in [2.75, 3.05) is 32.8 Å². The molecule has 0 aromatic carbocycles. The van der Waals surface area contributed by atoms with Gasteiger partial charge in [-0.25, -0.2) is 4.79 Å². The molecule has 1 unspecified atom stereocenters. The minimum absolute atomic E-state index is 0.00789. The molecule has 0 aliphatic carbocycles. The van der Waals surface area contributed by atoms with E-state index in [2.05, 4.69) is 30.3 Å². The molecule has 1 aliphatic rings. The number of ether oxygens (including phenoxy) is 1. The van der Waals surface area contributed by atoms with Crippen molar-refractivity contribution in [2.24, 2.45) is 5.92 Å². The maximum absolute atomic E-state index is 12.0. The van der Waals surface area contributed by atoms with Crippen molar-refractivity contribution < 1.29 is 9.53 Å². The van der Waals surface area contributed by atoms with Crippen LogP contribution in [0.1, 0.15) is 18.3 Å². The summed E-state index contributed by atoms with van der Waals surface area (Å²) >= 11 is 0. The number of carbonyl (C=O) groups excluding carboxylic acids is 1. The Morgan fingerprint density at radius 1 is 1.45 bits per heavy atom. The van der Waals surface area contributed by atoms with Crippen LogP contribution < -0.4 is 5.32 Å². The third kappa shape index (κ3) is 3.96. The zero-order chi connectivity index (χ0) is 14.5. The quantitative estimate of drug-likeness (QED) is 0.901. The van der Waals surface area contributed by atoms with Crippen molar-refractivity contribution in [3.63, 3.8) is 0 Å². The van der Waals surface area contributed by atoms with Gasteiger partial charge in [0.1, 0.15) is 0 Å². The fourth-order valence-electron chi connectivity index (χ4n) is 2.36. The maximum atomic E-state index is 12.0. The van der Waals surface area contributed by atoms with Crippen LogP contribution in [0.25, 0.3) is 0 Å². The molecule has 2 heterocycles. The number of rotatable bonds is 4. The Balaban J connectivity index is 1.75. The smallest absolute Gasteiger partial charge is 0.317 e. The van der Waals surface area contributed by atoms with Crippen LogP contribution in [-0.4, -0.2) is 53.6 Å². The van der Waals surface area contributed by atoms with E-state index < -0.39 is 0 Å². The second-order valence-corrected chi connectivity index (χ2v) is 5.50. The molecule has 1 atom stereocenters. The Morgan fingerprint density at radius 2 is 2.15 bits per heavy atom. The minimum Gasteiger partial charge on any atom is -0.378 e. The summed E-state index contributed by atoms with van der Waals surface area (Å²) in [5.41, 5.74) is 2.20. The molecule has 1 saturated heterocycles. The van der Waals surface area contributed by atoms with Gasteiger partial charge in [-0.3, -0.25) is 4.68 Å². The standard InChI is InChI=1S/C14H24N4O2/c1-11(10-18-13(3)8-12(2)16-18)9-15-14(19)17-4-6-20-7-5-17/h8,11H,4-7,9-10H2,1-3H3,(H,15,19). The molecule has 0 spiro atoms. The lowest BCUT2D eigenvalue weighted by Crippen LogP contribution is -2.47. The Labute approximate surface area is 120 Å². The van der Waals surface area contributed by atoms with Crippen LogP contribution in [0, 0.1) is 19.8 Å². The summed E-state index contributed by atoms with van der Waals surface area (Å²) in [5, 5.41) is 7.43. The van der Waals surface area contributed by atoms with E-state index in [0.29, 0.717) is 38.8 Å². The van der Waals surface area contributed by atoms with Gasteiger partial charge in [0, 0.05) is 31.9 Å². The second kappa shape index (κ2) is 6.74. The van der Waals surface area contributed by atoms with E-state index in [4.69, 9.17) is 4.74 Å². The average Bonchev–Trinajstić information content (AvgIpc) is 2.75. The summed E-state index contributed by atoms with van der Waals surface area (Å²) < 4.78 is 7.24. The molecule has 0 saturated carbocycles. The molecular formula is C14H24N4O2. The highest BCUT2D eigenvalue weighted by Crippen LogP contribution is 2.06. The van der Waals surface area contributed by atoms with E-state index in [1.54, 1.807) is 4.90 Å². The normalized spacial score (nSPS) is 17.1. The zero-order valence-electron chi connectivity index (χ0n) is 12.6. The maximum Gasteiger partial charge on any atom is 0.317 e. The SMILES string of the molecule is Cc1cc(C)n(CC(C)CNC(=O)N2CCOCC2)n1. The lowest BCUT2D eigenvalue weighted by Gasteiger charge is -2.27. The number of nitrogens with zero attached hydrogens (tertiary/aromatic N) is 3. The van der Waals surface area contributed by atoms with Crippen molar-refractivity contribution >= 4 is 6.03 Å². The van der Waals surface area contributed by atoms with Gasteiger partial charge in [-0.2, -0.15) is 5.10 Å². The Hall–Kier alpha value is -1.56. The average molecular weight is 280 g/mol. The predicted molar refractivity (Wildman–Crippen MR) is 76.7 cm³/mol. The first-order valence-electron chi connectivity index (χ1n) is 7.18. The lowest BCUT2D eigenvalue weighted by atomic mass is 10.2. The summed E-state index contributed by atoms with van der Waals surface area (Å²) in [5.74, 6) is 0.345. The van der Waals surface area contributed by atoms with E-state index in [0.717, 1.165) is 17.9 Å². The zero-order valence-corrected chi connectivity index (χ0v) is 12.6. The van der Waals surface area contributed by atoms with Crippen LogP contribution in [0.2, 0.25) is 0 Å². The first-order chi connectivity index (χ1) is 9.56. The molecule has 6 heteroatoms. The van der Waals surface area contributed by atoms with Gasteiger partial charge in [0.25, 0.3) is 0 Å². The van der Waals surface area contributed by atoms with E-state index in [-0.39, 0.29) is 6.03 Å². The number of amides is 2. The van der Waals surface area contributed by atoms with Gasteiger partial charge in [-0.15, -0.1) is 0 Å². The molecule has 20 heavy (non-hydrogen) atoms. The summed E-state index contributed by atoms with van der Waals surface area (Å²) in [6.07, 6.45) is 0. The van der Waals surface area contributed by atoms with Gasteiger partial charge >= 0.3 is 6.03 Å². The number of aromatic nitrogens is 2. The van der Waals surface area contributed by atoms with Crippen molar-refractivity contribution in [1.82, 2.24) is 20.0 Å². The Morgan fingerprint density at radius 3 is 2.75 bits per heavy atom. The Kier molecular flexibility index (Phi) is 5.00. The highest BCUT2D eigenvalue weighted by molar-refractivity contribution is 5.74. The van der Waals surface area contributed by atoms with E-state index in [1.165, 1.54) is 0 Å². The van der Waals surface area contributed by atoms with Crippen LogP contribution in [0.5, 0.6) is 0 Å². The fraction of sp³-hybridized carbons (Fsp3) is 0.714. The molecule has 112 valence electrons. The first-order valence-corrected chi connectivity index (χ1v) is 7.18. The van der Waals surface area contributed by atoms with Gasteiger partial charge in [0.2, 0.25) is 0 Å². The number of morpholine rings is 1.